The highest BCUT2D eigenvalue weighted by molar-refractivity contribution is 5.97. The van der Waals surface area contributed by atoms with Crippen molar-refractivity contribution in [2.45, 2.75) is 19.9 Å². The quantitative estimate of drug-likeness (QED) is 0.683. The first-order chi connectivity index (χ1) is 13.4. The van der Waals surface area contributed by atoms with E-state index in [4.69, 9.17) is 9.47 Å². The monoisotopic (exact) mass is 384 g/mol. The first-order valence-electron chi connectivity index (χ1n) is 8.87. The summed E-state index contributed by atoms with van der Waals surface area (Å²) in [7, 11) is 1.55. The Kier molecular flexibility index (Phi) is 7.56. The molecule has 148 valence electrons. The fraction of sp³-hybridized carbons (Fsp3) is 0.286. The molecule has 2 aromatic carbocycles. The Morgan fingerprint density at radius 3 is 2.18 bits per heavy atom. The van der Waals surface area contributed by atoms with Crippen molar-refractivity contribution in [3.63, 3.8) is 0 Å². The molecule has 0 aliphatic carbocycles. The fourth-order valence-electron chi connectivity index (χ4n) is 2.41. The molecule has 0 spiro atoms. The molecule has 0 aromatic heterocycles. The third-order valence-electron chi connectivity index (χ3n) is 3.96. The molecule has 0 aliphatic rings. The number of anilines is 1. The predicted molar refractivity (Wildman–Crippen MR) is 105 cm³/mol. The summed E-state index contributed by atoms with van der Waals surface area (Å²) >= 11 is 0. The number of hydrogen-bond donors (Lipinski definition) is 2. The van der Waals surface area contributed by atoms with Crippen LogP contribution in [0.1, 0.15) is 24.2 Å². The standard InChI is InChI=1S/C21H24N2O5/c1-14(2)19(23-20(25)15-7-5-4-6-8-15)21(26)28-13-18(24)22-16-9-11-17(27-3)12-10-16/h4-12,14,19H,13H2,1-3H3,(H,22,24)(H,23,25)/t19-/m1/s1. The minimum Gasteiger partial charge on any atom is -0.497 e. The second-order valence-corrected chi connectivity index (χ2v) is 6.45. The lowest BCUT2D eigenvalue weighted by Gasteiger charge is -2.20. The number of rotatable bonds is 8. The molecule has 1 atom stereocenters. The van der Waals surface area contributed by atoms with Gasteiger partial charge < -0.3 is 20.1 Å². The molecule has 7 heteroatoms. The van der Waals surface area contributed by atoms with Crippen LogP contribution in [-0.2, 0) is 14.3 Å². The van der Waals surface area contributed by atoms with Crippen LogP contribution in [0.5, 0.6) is 5.75 Å². The Balaban J connectivity index is 1.88. The van der Waals surface area contributed by atoms with E-state index in [-0.39, 0.29) is 11.8 Å². The minimum atomic E-state index is -0.860. The van der Waals surface area contributed by atoms with Gasteiger partial charge in [-0.3, -0.25) is 9.59 Å². The highest BCUT2D eigenvalue weighted by Gasteiger charge is 2.26. The number of benzene rings is 2. The van der Waals surface area contributed by atoms with E-state index < -0.39 is 24.5 Å². The topological polar surface area (TPSA) is 93.7 Å². The Morgan fingerprint density at radius 1 is 0.964 bits per heavy atom. The zero-order valence-corrected chi connectivity index (χ0v) is 16.1. The van der Waals surface area contributed by atoms with Gasteiger partial charge in [0.1, 0.15) is 11.8 Å². The van der Waals surface area contributed by atoms with Crippen molar-refractivity contribution >= 4 is 23.5 Å². The summed E-state index contributed by atoms with van der Waals surface area (Å²) in [4.78, 5) is 36.6. The number of ether oxygens (including phenoxy) is 2. The van der Waals surface area contributed by atoms with Gasteiger partial charge in [-0.15, -0.1) is 0 Å². The van der Waals surface area contributed by atoms with Crippen molar-refractivity contribution in [2.24, 2.45) is 5.92 Å². The Hall–Kier alpha value is -3.35. The molecule has 28 heavy (non-hydrogen) atoms. The molecule has 0 radical (unpaired) electrons. The van der Waals surface area contributed by atoms with E-state index in [1.54, 1.807) is 75.6 Å². The Bertz CT molecular complexity index is 803. The maximum atomic E-state index is 12.4. The average Bonchev–Trinajstić information content (AvgIpc) is 2.71. The number of nitrogens with one attached hydrogen (secondary N) is 2. The van der Waals surface area contributed by atoms with E-state index in [2.05, 4.69) is 10.6 Å². The smallest absolute Gasteiger partial charge is 0.329 e. The average molecular weight is 384 g/mol. The Morgan fingerprint density at radius 2 is 1.61 bits per heavy atom. The summed E-state index contributed by atoms with van der Waals surface area (Å²) in [5.41, 5.74) is 0.998. The fourth-order valence-corrected chi connectivity index (χ4v) is 2.41. The minimum absolute atomic E-state index is 0.204. The molecule has 0 unspecified atom stereocenters. The molecule has 2 amide bonds. The SMILES string of the molecule is COc1ccc(NC(=O)COC(=O)[C@H](NC(=O)c2ccccc2)C(C)C)cc1. The number of esters is 1. The number of carbonyl (C=O) groups excluding carboxylic acids is 3. The predicted octanol–water partition coefficient (Wildman–Crippen LogP) is 2.63. The van der Waals surface area contributed by atoms with Crippen molar-refractivity contribution in [3.8, 4) is 5.75 Å². The van der Waals surface area contributed by atoms with Crippen molar-refractivity contribution in [3.05, 3.63) is 60.2 Å². The van der Waals surface area contributed by atoms with E-state index in [1.807, 2.05) is 0 Å². The summed E-state index contributed by atoms with van der Waals surface area (Å²) < 4.78 is 10.1. The molecule has 0 bridgehead atoms. The van der Waals surface area contributed by atoms with Crippen LogP contribution in [0, 0.1) is 5.92 Å². The van der Waals surface area contributed by atoms with Gasteiger partial charge in [-0.1, -0.05) is 32.0 Å². The molecular weight excluding hydrogens is 360 g/mol. The molecule has 0 saturated heterocycles. The van der Waals surface area contributed by atoms with Crippen LogP contribution in [-0.4, -0.2) is 37.5 Å². The maximum Gasteiger partial charge on any atom is 0.329 e. The number of hydrogen-bond acceptors (Lipinski definition) is 5. The first-order valence-corrected chi connectivity index (χ1v) is 8.87. The summed E-state index contributed by atoms with van der Waals surface area (Å²) in [6.45, 7) is 3.12. The lowest BCUT2D eigenvalue weighted by molar-refractivity contribution is -0.150. The largest absolute Gasteiger partial charge is 0.497 e. The maximum absolute atomic E-state index is 12.4. The van der Waals surface area contributed by atoms with Gasteiger partial charge in [0.05, 0.1) is 7.11 Å². The zero-order valence-electron chi connectivity index (χ0n) is 16.1. The van der Waals surface area contributed by atoms with E-state index in [9.17, 15) is 14.4 Å². The van der Waals surface area contributed by atoms with Crippen LogP contribution >= 0.6 is 0 Å². The second kappa shape index (κ2) is 10.1. The van der Waals surface area contributed by atoms with Gasteiger partial charge in [0.15, 0.2) is 6.61 Å². The van der Waals surface area contributed by atoms with E-state index >= 15 is 0 Å². The van der Waals surface area contributed by atoms with Gasteiger partial charge in [0, 0.05) is 11.3 Å². The molecule has 0 aliphatic heterocycles. The molecule has 2 rings (SSSR count). The first kappa shape index (κ1) is 21.0. The van der Waals surface area contributed by atoms with Gasteiger partial charge in [0.2, 0.25) is 0 Å². The highest BCUT2D eigenvalue weighted by Crippen LogP contribution is 2.15. The Labute approximate surface area is 164 Å². The number of methoxy groups -OCH3 is 1. The summed E-state index contributed by atoms with van der Waals surface area (Å²) in [5, 5.41) is 5.28. The summed E-state index contributed by atoms with van der Waals surface area (Å²) in [6, 6.07) is 14.5. The molecule has 2 N–H and O–H groups in total. The molecule has 7 nitrogen and oxygen atoms in total. The van der Waals surface area contributed by atoms with Crippen LogP contribution in [0.2, 0.25) is 0 Å². The van der Waals surface area contributed by atoms with Crippen LogP contribution in [0.3, 0.4) is 0 Å². The third kappa shape index (κ3) is 6.12. The van der Waals surface area contributed by atoms with Gasteiger partial charge in [-0.2, -0.15) is 0 Å². The van der Waals surface area contributed by atoms with Gasteiger partial charge in [-0.25, -0.2) is 4.79 Å². The summed E-state index contributed by atoms with van der Waals surface area (Å²) in [6.07, 6.45) is 0. The van der Waals surface area contributed by atoms with E-state index in [0.29, 0.717) is 17.0 Å². The zero-order chi connectivity index (χ0) is 20.5. The van der Waals surface area contributed by atoms with Crippen molar-refractivity contribution in [2.75, 3.05) is 19.0 Å². The van der Waals surface area contributed by atoms with E-state index in [0.717, 1.165) is 0 Å². The summed E-state index contributed by atoms with van der Waals surface area (Å²) in [5.74, 6) is -1.05. The number of amides is 2. The van der Waals surface area contributed by atoms with Crippen LogP contribution in [0.25, 0.3) is 0 Å². The van der Waals surface area contributed by atoms with Crippen LogP contribution in [0.15, 0.2) is 54.6 Å². The second-order valence-electron chi connectivity index (χ2n) is 6.45. The normalized spacial score (nSPS) is 11.4. The van der Waals surface area contributed by atoms with E-state index in [1.165, 1.54) is 0 Å². The highest BCUT2D eigenvalue weighted by atomic mass is 16.5. The van der Waals surface area contributed by atoms with Gasteiger partial charge in [-0.05, 0) is 42.3 Å². The molecule has 0 saturated carbocycles. The lowest BCUT2D eigenvalue weighted by Crippen LogP contribution is -2.45. The molecule has 2 aromatic rings. The van der Waals surface area contributed by atoms with Crippen LogP contribution < -0.4 is 15.4 Å². The molecule has 0 heterocycles. The van der Waals surface area contributed by atoms with Gasteiger partial charge in [0.25, 0.3) is 11.8 Å². The number of carbonyl (C=O) groups is 3. The van der Waals surface area contributed by atoms with Crippen LogP contribution in [0.4, 0.5) is 5.69 Å². The lowest BCUT2D eigenvalue weighted by atomic mass is 10.0. The molecular formula is C21H24N2O5. The van der Waals surface area contributed by atoms with Gasteiger partial charge >= 0.3 is 5.97 Å². The van der Waals surface area contributed by atoms with Crippen molar-refractivity contribution in [1.29, 1.82) is 0 Å². The van der Waals surface area contributed by atoms with Crippen molar-refractivity contribution < 1.29 is 23.9 Å². The molecule has 0 fully saturated rings. The third-order valence-corrected chi connectivity index (χ3v) is 3.96. The van der Waals surface area contributed by atoms with Crippen molar-refractivity contribution in [1.82, 2.24) is 5.32 Å².